The summed E-state index contributed by atoms with van der Waals surface area (Å²) in [4.78, 5) is 10.7. The number of aliphatic hydroxyl groups is 1. The Morgan fingerprint density at radius 3 is 2.38 bits per heavy atom. The topological polar surface area (TPSA) is 104 Å². The molecular weight excluding hydrogens is 294 g/mol. The maximum absolute atomic E-state index is 12.1. The summed E-state index contributed by atoms with van der Waals surface area (Å²) in [6.07, 6.45) is 2.43. The number of nitrogens with one attached hydrogen (secondary N) is 1. The summed E-state index contributed by atoms with van der Waals surface area (Å²) in [5.74, 6) is -1.27. The number of hydrogen-bond donors (Lipinski definition) is 3. The van der Waals surface area contributed by atoms with Gasteiger partial charge in [0.2, 0.25) is 10.0 Å². The lowest BCUT2D eigenvalue weighted by Crippen LogP contribution is -2.45. The van der Waals surface area contributed by atoms with Gasteiger partial charge in [0.05, 0.1) is 17.4 Å². The van der Waals surface area contributed by atoms with E-state index in [2.05, 4.69) is 4.72 Å². The highest BCUT2D eigenvalue weighted by molar-refractivity contribution is 7.88. The number of rotatable bonds is 5. The van der Waals surface area contributed by atoms with Crippen LogP contribution in [-0.2, 0) is 15.8 Å². The lowest BCUT2D eigenvalue weighted by Gasteiger charge is -2.28. The third-order valence-corrected chi connectivity index (χ3v) is 4.99. The Balaban J connectivity index is 2.01. The van der Waals surface area contributed by atoms with Gasteiger partial charge in [0.1, 0.15) is 0 Å². The van der Waals surface area contributed by atoms with E-state index in [0.29, 0.717) is 18.4 Å². The molecule has 0 aliphatic heterocycles. The lowest BCUT2D eigenvalue weighted by atomic mass is 9.93. The van der Waals surface area contributed by atoms with Crippen molar-refractivity contribution in [2.75, 3.05) is 0 Å². The van der Waals surface area contributed by atoms with Crippen molar-refractivity contribution in [1.29, 1.82) is 0 Å². The first kappa shape index (κ1) is 15.9. The molecule has 116 valence electrons. The molecule has 1 fully saturated rings. The van der Waals surface area contributed by atoms with Gasteiger partial charge in [-0.1, -0.05) is 25.0 Å². The van der Waals surface area contributed by atoms with E-state index in [1.54, 1.807) is 0 Å². The van der Waals surface area contributed by atoms with Crippen LogP contribution in [0.25, 0.3) is 0 Å². The fraction of sp³-hybridized carbons (Fsp3) is 0.500. The largest absolute Gasteiger partial charge is 0.478 e. The van der Waals surface area contributed by atoms with Gasteiger partial charge >= 0.3 is 5.97 Å². The van der Waals surface area contributed by atoms with Crippen LogP contribution < -0.4 is 4.72 Å². The second-order valence-electron chi connectivity index (χ2n) is 5.34. The molecule has 0 heterocycles. The molecule has 0 unspecified atom stereocenters. The van der Waals surface area contributed by atoms with Crippen molar-refractivity contribution in [3.05, 3.63) is 35.4 Å². The summed E-state index contributed by atoms with van der Waals surface area (Å²) >= 11 is 0. The summed E-state index contributed by atoms with van der Waals surface area (Å²) in [6.45, 7) is 0. The normalized spacial score (nSPS) is 22.9. The van der Waals surface area contributed by atoms with Gasteiger partial charge in [-0.25, -0.2) is 17.9 Å². The van der Waals surface area contributed by atoms with Crippen molar-refractivity contribution in [1.82, 2.24) is 4.72 Å². The number of carbonyl (C=O) groups is 1. The van der Waals surface area contributed by atoms with Gasteiger partial charge in [0.25, 0.3) is 0 Å². The van der Waals surface area contributed by atoms with Gasteiger partial charge in [-0.15, -0.1) is 0 Å². The number of benzene rings is 1. The number of carboxylic acids is 1. The first-order valence-corrected chi connectivity index (χ1v) is 8.53. The quantitative estimate of drug-likeness (QED) is 0.755. The van der Waals surface area contributed by atoms with Crippen LogP contribution in [0.2, 0.25) is 0 Å². The van der Waals surface area contributed by atoms with Gasteiger partial charge in [-0.3, -0.25) is 0 Å². The Kier molecular flexibility index (Phi) is 4.97. The molecule has 0 bridgehead atoms. The summed E-state index contributed by atoms with van der Waals surface area (Å²) in [7, 11) is -3.56. The highest BCUT2D eigenvalue weighted by atomic mass is 32.2. The molecule has 2 rings (SSSR count). The van der Waals surface area contributed by atoms with Crippen LogP contribution in [0, 0.1) is 0 Å². The monoisotopic (exact) mass is 313 g/mol. The average Bonchev–Trinajstić information content (AvgIpc) is 2.41. The molecule has 1 saturated carbocycles. The SMILES string of the molecule is O=C(O)c1ccc(CS(=O)(=O)N[C@@H]2CCCC[C@H]2O)cc1. The first-order valence-electron chi connectivity index (χ1n) is 6.88. The third kappa shape index (κ3) is 4.52. The molecule has 0 radical (unpaired) electrons. The third-order valence-electron chi connectivity index (χ3n) is 3.62. The zero-order valence-corrected chi connectivity index (χ0v) is 12.3. The van der Waals surface area contributed by atoms with Crippen molar-refractivity contribution in [2.45, 2.75) is 43.6 Å². The van der Waals surface area contributed by atoms with Crippen LogP contribution in [0.4, 0.5) is 0 Å². The minimum absolute atomic E-state index is 0.117. The molecule has 1 aliphatic rings. The van der Waals surface area contributed by atoms with E-state index in [1.807, 2.05) is 0 Å². The lowest BCUT2D eigenvalue weighted by molar-refractivity contribution is 0.0697. The second kappa shape index (κ2) is 6.55. The first-order chi connectivity index (χ1) is 9.87. The number of sulfonamides is 1. The minimum Gasteiger partial charge on any atom is -0.478 e. The Morgan fingerprint density at radius 1 is 1.19 bits per heavy atom. The Labute approximate surface area is 123 Å². The highest BCUT2D eigenvalue weighted by Crippen LogP contribution is 2.19. The highest BCUT2D eigenvalue weighted by Gasteiger charge is 2.27. The summed E-state index contributed by atoms with van der Waals surface area (Å²) in [6, 6.07) is 5.30. The predicted octanol–water partition coefficient (Wildman–Crippen LogP) is 1.11. The van der Waals surface area contributed by atoms with Crippen molar-refractivity contribution in [2.24, 2.45) is 0 Å². The molecule has 2 atom stereocenters. The van der Waals surface area contributed by atoms with Crippen LogP contribution in [0.1, 0.15) is 41.6 Å². The maximum atomic E-state index is 12.1. The Bertz CT molecular complexity index is 596. The van der Waals surface area contributed by atoms with Crippen LogP contribution >= 0.6 is 0 Å². The maximum Gasteiger partial charge on any atom is 0.335 e. The van der Waals surface area contributed by atoms with Crippen molar-refractivity contribution in [3.8, 4) is 0 Å². The second-order valence-corrected chi connectivity index (χ2v) is 7.09. The van der Waals surface area contributed by atoms with Gasteiger partial charge in [-0.2, -0.15) is 0 Å². The number of aromatic carboxylic acids is 1. The molecular formula is C14H19NO5S. The summed E-state index contributed by atoms with van der Waals surface area (Å²) < 4.78 is 26.7. The van der Waals surface area contributed by atoms with E-state index < -0.39 is 28.1 Å². The molecule has 0 aromatic heterocycles. The Hall–Kier alpha value is -1.44. The smallest absolute Gasteiger partial charge is 0.335 e. The van der Waals surface area contributed by atoms with E-state index >= 15 is 0 Å². The minimum atomic E-state index is -3.56. The van der Waals surface area contributed by atoms with Crippen LogP contribution in [0.3, 0.4) is 0 Å². The predicted molar refractivity (Wildman–Crippen MR) is 77.4 cm³/mol. The summed E-state index contributed by atoms with van der Waals surface area (Å²) in [5, 5.41) is 18.6. The van der Waals surface area contributed by atoms with Gasteiger partial charge < -0.3 is 10.2 Å². The van der Waals surface area contributed by atoms with Crippen LogP contribution in [-0.4, -0.2) is 36.7 Å². The van der Waals surface area contributed by atoms with E-state index in [9.17, 15) is 18.3 Å². The van der Waals surface area contributed by atoms with E-state index in [-0.39, 0.29) is 11.3 Å². The average molecular weight is 313 g/mol. The van der Waals surface area contributed by atoms with Gasteiger partial charge in [0, 0.05) is 6.04 Å². The molecule has 0 spiro atoms. The van der Waals surface area contributed by atoms with Gasteiger partial charge in [0.15, 0.2) is 0 Å². The molecule has 7 heteroatoms. The number of hydrogen-bond acceptors (Lipinski definition) is 4. The number of carboxylic acid groups (broad SMARTS) is 1. The van der Waals surface area contributed by atoms with Crippen molar-refractivity contribution in [3.63, 3.8) is 0 Å². The molecule has 1 aromatic rings. The molecule has 0 amide bonds. The molecule has 0 saturated heterocycles. The fourth-order valence-corrected chi connectivity index (χ4v) is 3.93. The molecule has 21 heavy (non-hydrogen) atoms. The van der Waals surface area contributed by atoms with Crippen molar-refractivity contribution < 1.29 is 23.4 Å². The zero-order chi connectivity index (χ0) is 15.5. The summed E-state index contributed by atoms with van der Waals surface area (Å²) in [5.41, 5.74) is 0.629. The zero-order valence-electron chi connectivity index (χ0n) is 11.5. The number of aliphatic hydroxyl groups excluding tert-OH is 1. The molecule has 1 aliphatic carbocycles. The van der Waals surface area contributed by atoms with Crippen LogP contribution in [0.5, 0.6) is 0 Å². The molecule has 1 aromatic carbocycles. The van der Waals surface area contributed by atoms with Crippen LogP contribution in [0.15, 0.2) is 24.3 Å². The van der Waals surface area contributed by atoms with Gasteiger partial charge in [-0.05, 0) is 30.5 Å². The van der Waals surface area contributed by atoms with E-state index in [1.165, 1.54) is 24.3 Å². The van der Waals surface area contributed by atoms with E-state index in [4.69, 9.17) is 5.11 Å². The fourth-order valence-electron chi connectivity index (χ4n) is 2.48. The standard InChI is InChI=1S/C14H19NO5S/c16-13-4-2-1-3-12(13)15-21(19,20)9-10-5-7-11(8-6-10)14(17)18/h5-8,12-13,15-16H,1-4,9H2,(H,17,18)/t12-,13-/m1/s1. The van der Waals surface area contributed by atoms with E-state index in [0.717, 1.165) is 12.8 Å². The molecule has 6 nitrogen and oxygen atoms in total. The molecule has 3 N–H and O–H groups in total. The van der Waals surface area contributed by atoms with Crippen molar-refractivity contribution >= 4 is 16.0 Å². The Morgan fingerprint density at radius 2 is 1.81 bits per heavy atom.